The maximum absolute atomic E-state index is 10.4. The molecule has 0 unspecified atom stereocenters. The number of phenolic OH excluding ortho intramolecular Hbond substituents is 1. The third-order valence-electron chi connectivity index (χ3n) is 1.36. The molecule has 9 heteroatoms. The summed E-state index contributed by atoms with van der Waals surface area (Å²) in [4.78, 5) is 9.84. The number of benzene rings is 1. The third-order valence-corrected chi connectivity index (χ3v) is 1.75. The monoisotopic (exact) mass is 236 g/mol. The van der Waals surface area contributed by atoms with Crippen LogP contribution < -0.4 is 4.18 Å². The van der Waals surface area contributed by atoms with Gasteiger partial charge >= 0.3 is 16.1 Å². The highest BCUT2D eigenvalue weighted by molar-refractivity contribution is 7.81. The number of hydrogen-bond acceptors (Lipinski definition) is 5. The van der Waals surface area contributed by atoms with Crippen molar-refractivity contribution in [2.75, 3.05) is 0 Å². The quantitative estimate of drug-likeness (QED) is 0.511. The molecule has 1 aromatic rings. The summed E-state index contributed by atoms with van der Waals surface area (Å²) in [5.41, 5.74) is -0.369. The Balaban J connectivity index is 3.17. The molecular weight excluding hydrogens is 230 g/mol. The molecule has 0 fully saturated rings. The zero-order chi connectivity index (χ0) is 11.6. The Morgan fingerprint density at radius 1 is 1.33 bits per heavy atom. The minimum atomic E-state index is -4.80. The van der Waals surface area contributed by atoms with Gasteiger partial charge in [0.2, 0.25) is 0 Å². The van der Waals surface area contributed by atoms with E-state index in [0.717, 1.165) is 18.2 Å². The molecule has 0 heterocycles. The van der Waals surface area contributed by atoms with Crippen molar-refractivity contribution < 1.29 is 32.4 Å². The van der Waals surface area contributed by atoms with Gasteiger partial charge in [-0.25, -0.2) is 5.21 Å². The zero-order valence-electron chi connectivity index (χ0n) is 7.06. The second kappa shape index (κ2) is 3.71. The molecule has 1 rings (SSSR count). The lowest BCUT2D eigenvalue weighted by Gasteiger charge is -2.01. The van der Waals surface area contributed by atoms with Crippen LogP contribution in [0.15, 0.2) is 18.2 Å². The Labute approximate surface area is 83.8 Å². The second-order valence-electron chi connectivity index (χ2n) is 2.44. The van der Waals surface area contributed by atoms with E-state index in [0.29, 0.717) is 0 Å². The maximum Gasteiger partial charge on any atom is 0.446 e. The Kier molecular flexibility index (Phi) is 2.77. The fraction of sp³-hybridized carbons (Fsp3) is 0. The first-order valence-corrected chi connectivity index (χ1v) is 4.82. The van der Waals surface area contributed by atoms with Crippen LogP contribution in [0.3, 0.4) is 0 Å². The maximum atomic E-state index is 10.4. The lowest BCUT2D eigenvalue weighted by Crippen LogP contribution is -2.07. The normalized spacial score (nSPS) is 11.0. The van der Waals surface area contributed by atoms with Crippen LogP contribution in [0, 0.1) is 4.91 Å². The molecule has 15 heavy (non-hydrogen) atoms. The molecule has 0 aliphatic heterocycles. The predicted octanol–water partition coefficient (Wildman–Crippen LogP) is 0.373. The van der Waals surface area contributed by atoms with Gasteiger partial charge in [-0.1, -0.05) is 0 Å². The van der Waals surface area contributed by atoms with Crippen LogP contribution in [0.4, 0.5) is 5.69 Å². The van der Waals surface area contributed by atoms with Crippen molar-refractivity contribution in [3.05, 3.63) is 23.1 Å². The average Bonchev–Trinajstić information content (AvgIpc) is 2.06. The van der Waals surface area contributed by atoms with Crippen molar-refractivity contribution in [1.29, 1.82) is 0 Å². The minimum absolute atomic E-state index is 0.369. The van der Waals surface area contributed by atoms with Crippen LogP contribution in [0.1, 0.15) is 0 Å². The molecule has 0 bridgehead atoms. The van der Waals surface area contributed by atoms with Crippen molar-refractivity contribution >= 4 is 16.1 Å². The number of rotatable bonds is 3. The molecule has 0 saturated carbocycles. The Hall–Kier alpha value is -1.87. The van der Waals surface area contributed by atoms with Gasteiger partial charge in [-0.3, -0.25) is 4.55 Å². The summed E-state index contributed by atoms with van der Waals surface area (Å²) >= 11 is 0. The van der Waals surface area contributed by atoms with Gasteiger partial charge in [0.1, 0.15) is 0 Å². The Morgan fingerprint density at radius 3 is 2.40 bits per heavy atom. The molecule has 0 aromatic heterocycles. The van der Waals surface area contributed by atoms with Crippen LogP contribution in [0.5, 0.6) is 11.5 Å². The number of phenols is 1. The van der Waals surface area contributed by atoms with Crippen molar-refractivity contribution in [3.8, 4) is 11.5 Å². The molecule has 0 amide bonds. The van der Waals surface area contributed by atoms with Gasteiger partial charge in [-0.15, -0.1) is 0 Å². The van der Waals surface area contributed by atoms with Gasteiger partial charge in [0, 0.05) is 6.07 Å². The molecule has 0 atom stereocenters. The summed E-state index contributed by atoms with van der Waals surface area (Å²) in [5.74, 6) is -1.29. The van der Waals surface area contributed by atoms with E-state index in [-0.39, 0.29) is 5.69 Å². The molecule has 3 N–H and O–H groups in total. The smallest absolute Gasteiger partial charge is 0.446 e. The van der Waals surface area contributed by atoms with Crippen LogP contribution in [-0.2, 0) is 10.4 Å². The van der Waals surface area contributed by atoms with Crippen LogP contribution in [0.2, 0.25) is 0 Å². The van der Waals surface area contributed by atoms with Gasteiger partial charge in [0.25, 0.3) is 4.92 Å². The molecule has 82 valence electrons. The number of aromatic hydroxyl groups is 1. The molecule has 8 nitrogen and oxygen atoms in total. The molecule has 1 aromatic carbocycles. The summed E-state index contributed by atoms with van der Waals surface area (Å²) in [7, 11) is -4.80. The highest BCUT2D eigenvalue weighted by Crippen LogP contribution is 2.30. The van der Waals surface area contributed by atoms with Crippen molar-refractivity contribution in [2.45, 2.75) is 0 Å². The van der Waals surface area contributed by atoms with E-state index in [9.17, 15) is 13.3 Å². The predicted molar refractivity (Wildman–Crippen MR) is 45.4 cm³/mol. The van der Waals surface area contributed by atoms with Crippen molar-refractivity contribution in [2.24, 2.45) is 0 Å². The van der Waals surface area contributed by atoms with E-state index in [1.807, 2.05) is 0 Å². The second-order valence-corrected chi connectivity index (χ2v) is 3.46. The number of nitrogens with zero attached hydrogens (tertiary/aromatic N) is 1. The van der Waals surface area contributed by atoms with E-state index in [4.69, 9.17) is 14.9 Å². The first kappa shape index (κ1) is 11.2. The van der Waals surface area contributed by atoms with Crippen LogP contribution >= 0.6 is 0 Å². The highest BCUT2D eigenvalue weighted by atomic mass is 32.3. The lowest BCUT2D eigenvalue weighted by molar-refractivity contribution is -0.729. The summed E-state index contributed by atoms with van der Waals surface area (Å²) in [6, 6.07) is 2.66. The fourth-order valence-electron chi connectivity index (χ4n) is 0.802. The SMILES string of the molecule is O=[N+](O)c1ccc(O)c(OS(=O)(=O)O)c1. The average molecular weight is 236 g/mol. The van der Waals surface area contributed by atoms with Gasteiger partial charge in [-0.05, 0) is 6.07 Å². The molecule has 0 aliphatic carbocycles. The molecule has 0 saturated heterocycles. The van der Waals surface area contributed by atoms with E-state index in [2.05, 4.69) is 4.18 Å². The molecular formula is C6H6NO7S+. The van der Waals surface area contributed by atoms with Gasteiger partial charge in [0.05, 0.1) is 11.0 Å². The molecule has 0 spiro atoms. The molecule has 0 radical (unpaired) electrons. The number of hydrogen-bond donors (Lipinski definition) is 3. The standard InChI is InChI=1S/C6H5NO7S/c8-5-2-1-4(7(9)10)3-6(5)14-15(11,12)13/h1-3H,(H2-,8,9,10,11,12,13)/p+1. The van der Waals surface area contributed by atoms with Gasteiger partial charge in [-0.2, -0.15) is 8.42 Å². The largest absolute Gasteiger partial charge is 0.504 e. The van der Waals surface area contributed by atoms with E-state index in [1.54, 1.807) is 0 Å². The molecule has 0 aliphatic rings. The fourth-order valence-corrected chi connectivity index (χ4v) is 1.16. The Morgan fingerprint density at radius 2 is 1.93 bits per heavy atom. The highest BCUT2D eigenvalue weighted by Gasteiger charge is 2.18. The Bertz CT molecular complexity index is 494. The first-order valence-electron chi connectivity index (χ1n) is 3.45. The zero-order valence-corrected chi connectivity index (χ0v) is 7.88. The van der Waals surface area contributed by atoms with E-state index in [1.165, 1.54) is 0 Å². The first-order chi connectivity index (χ1) is 6.79. The van der Waals surface area contributed by atoms with Crippen molar-refractivity contribution in [3.63, 3.8) is 0 Å². The summed E-state index contributed by atoms with van der Waals surface area (Å²) in [5, 5.41) is 17.5. The summed E-state index contributed by atoms with van der Waals surface area (Å²) in [6.07, 6.45) is 0. The minimum Gasteiger partial charge on any atom is -0.504 e. The van der Waals surface area contributed by atoms with Crippen LogP contribution in [-0.4, -0.2) is 28.2 Å². The summed E-state index contributed by atoms with van der Waals surface area (Å²) < 4.78 is 32.8. The lowest BCUT2D eigenvalue weighted by atomic mass is 10.3. The topological polar surface area (TPSA) is 124 Å². The third kappa shape index (κ3) is 3.07. The van der Waals surface area contributed by atoms with Crippen LogP contribution in [0.25, 0.3) is 0 Å². The summed E-state index contributed by atoms with van der Waals surface area (Å²) in [6.45, 7) is 0. The van der Waals surface area contributed by atoms with Gasteiger partial charge < -0.3 is 9.29 Å². The van der Waals surface area contributed by atoms with E-state index < -0.39 is 26.8 Å². The van der Waals surface area contributed by atoms with Gasteiger partial charge in [0.15, 0.2) is 11.5 Å². The van der Waals surface area contributed by atoms with Crippen molar-refractivity contribution in [1.82, 2.24) is 0 Å². The van der Waals surface area contributed by atoms with E-state index >= 15 is 0 Å².